The molecule has 1 aromatic rings. The van der Waals surface area contributed by atoms with E-state index in [2.05, 4.69) is 12.8 Å². The lowest BCUT2D eigenvalue weighted by atomic mass is 10.1. The highest BCUT2D eigenvalue weighted by atomic mass is 16.5. The molecule has 0 amide bonds. The van der Waals surface area contributed by atoms with E-state index in [1.54, 1.807) is 6.07 Å². The van der Waals surface area contributed by atoms with Gasteiger partial charge in [-0.05, 0) is 12.5 Å². The monoisotopic (exact) mass is 218 g/mol. The summed E-state index contributed by atoms with van der Waals surface area (Å²) in [5.74, 6) is 2.98. The Labute approximate surface area is 97.3 Å². The molecule has 0 aromatic heterocycles. The van der Waals surface area contributed by atoms with E-state index in [0.717, 1.165) is 19.3 Å². The summed E-state index contributed by atoms with van der Waals surface area (Å²) < 4.78 is 5.61. The second-order valence-corrected chi connectivity index (χ2v) is 3.66. The van der Waals surface area contributed by atoms with E-state index in [-0.39, 0.29) is 0 Å². The predicted molar refractivity (Wildman–Crippen MR) is 65.3 cm³/mol. The number of benzene rings is 1. The van der Waals surface area contributed by atoms with Crippen LogP contribution < -0.4 is 4.74 Å². The lowest BCUT2D eigenvalue weighted by Gasteiger charge is -2.12. The third-order valence-electron chi connectivity index (χ3n) is 2.38. The number of hydrogen-bond acceptors (Lipinski definition) is 2. The van der Waals surface area contributed by atoms with Crippen molar-refractivity contribution < 1.29 is 9.84 Å². The Balaban J connectivity index is 2.61. The van der Waals surface area contributed by atoms with Crippen molar-refractivity contribution in [3.05, 3.63) is 29.8 Å². The zero-order valence-corrected chi connectivity index (χ0v) is 9.65. The predicted octanol–water partition coefficient (Wildman–Crippen LogP) is 2.92. The SMILES string of the molecule is C#CC(O)c1ccccc1OCCCCC. The number of rotatable bonds is 6. The van der Waals surface area contributed by atoms with E-state index in [9.17, 15) is 5.11 Å². The molecule has 86 valence electrons. The van der Waals surface area contributed by atoms with Gasteiger partial charge in [0.1, 0.15) is 11.9 Å². The van der Waals surface area contributed by atoms with Gasteiger partial charge in [0.15, 0.2) is 0 Å². The van der Waals surface area contributed by atoms with Crippen molar-refractivity contribution in [2.24, 2.45) is 0 Å². The Bertz CT molecular complexity index is 352. The van der Waals surface area contributed by atoms with Crippen molar-refractivity contribution in [2.45, 2.75) is 32.3 Å². The van der Waals surface area contributed by atoms with Crippen LogP contribution in [-0.4, -0.2) is 11.7 Å². The summed E-state index contributed by atoms with van der Waals surface area (Å²) in [4.78, 5) is 0. The van der Waals surface area contributed by atoms with Gasteiger partial charge in [-0.25, -0.2) is 0 Å². The Hall–Kier alpha value is -1.46. The molecule has 0 spiro atoms. The second-order valence-electron chi connectivity index (χ2n) is 3.66. The maximum absolute atomic E-state index is 9.60. The smallest absolute Gasteiger partial charge is 0.143 e. The fraction of sp³-hybridized carbons (Fsp3) is 0.429. The molecule has 0 aliphatic rings. The first kappa shape index (κ1) is 12.6. The van der Waals surface area contributed by atoms with Crippen LogP contribution in [0.4, 0.5) is 0 Å². The third kappa shape index (κ3) is 3.60. The molecule has 1 N–H and O–H groups in total. The summed E-state index contributed by atoms with van der Waals surface area (Å²) in [6.07, 6.45) is 7.65. The van der Waals surface area contributed by atoms with Crippen LogP contribution in [0.15, 0.2) is 24.3 Å². The van der Waals surface area contributed by atoms with Crippen molar-refractivity contribution in [1.82, 2.24) is 0 Å². The van der Waals surface area contributed by atoms with Gasteiger partial charge in [-0.3, -0.25) is 0 Å². The number of para-hydroxylation sites is 1. The minimum atomic E-state index is -0.887. The van der Waals surface area contributed by atoms with Crippen LogP contribution in [0, 0.1) is 12.3 Å². The maximum atomic E-state index is 9.60. The average molecular weight is 218 g/mol. The van der Waals surface area contributed by atoms with E-state index in [0.29, 0.717) is 17.9 Å². The highest BCUT2D eigenvalue weighted by molar-refractivity contribution is 5.37. The van der Waals surface area contributed by atoms with E-state index in [1.807, 2.05) is 18.2 Å². The van der Waals surface area contributed by atoms with Gasteiger partial charge in [0.2, 0.25) is 0 Å². The van der Waals surface area contributed by atoms with Crippen LogP contribution in [0.1, 0.15) is 37.9 Å². The Morgan fingerprint density at radius 2 is 2.12 bits per heavy atom. The highest BCUT2D eigenvalue weighted by Gasteiger charge is 2.09. The lowest BCUT2D eigenvalue weighted by molar-refractivity contribution is 0.226. The molecule has 0 saturated heterocycles. The Morgan fingerprint density at radius 1 is 1.38 bits per heavy atom. The largest absolute Gasteiger partial charge is 0.493 e. The first-order chi connectivity index (χ1) is 7.79. The van der Waals surface area contributed by atoms with Gasteiger partial charge in [0.05, 0.1) is 6.61 Å². The number of hydrogen-bond donors (Lipinski definition) is 1. The van der Waals surface area contributed by atoms with Gasteiger partial charge in [0.25, 0.3) is 0 Å². The number of aliphatic hydroxyl groups excluding tert-OH is 1. The van der Waals surface area contributed by atoms with Crippen LogP contribution in [-0.2, 0) is 0 Å². The quantitative estimate of drug-likeness (QED) is 0.587. The fourth-order valence-electron chi connectivity index (χ4n) is 1.46. The van der Waals surface area contributed by atoms with E-state index >= 15 is 0 Å². The minimum Gasteiger partial charge on any atom is -0.493 e. The molecule has 2 nitrogen and oxygen atoms in total. The van der Waals surface area contributed by atoms with Crippen molar-refractivity contribution in [3.8, 4) is 18.1 Å². The summed E-state index contributed by atoms with van der Waals surface area (Å²) in [7, 11) is 0. The molecule has 16 heavy (non-hydrogen) atoms. The molecule has 0 radical (unpaired) electrons. The van der Waals surface area contributed by atoms with Crippen molar-refractivity contribution in [3.63, 3.8) is 0 Å². The number of ether oxygens (including phenoxy) is 1. The number of terminal acetylenes is 1. The van der Waals surface area contributed by atoms with Crippen LogP contribution in [0.2, 0.25) is 0 Å². The molecule has 0 heterocycles. The zero-order valence-electron chi connectivity index (χ0n) is 9.65. The minimum absolute atomic E-state index is 0.668. The average Bonchev–Trinajstić information content (AvgIpc) is 2.34. The van der Waals surface area contributed by atoms with Crippen molar-refractivity contribution >= 4 is 0 Å². The van der Waals surface area contributed by atoms with Gasteiger partial charge < -0.3 is 9.84 Å². The Morgan fingerprint density at radius 3 is 2.81 bits per heavy atom. The molecule has 0 bridgehead atoms. The topological polar surface area (TPSA) is 29.5 Å². The standard InChI is InChI=1S/C14H18O2/c1-3-5-8-11-16-14-10-7-6-9-12(14)13(15)4-2/h2,6-7,9-10,13,15H,3,5,8,11H2,1H3. The van der Waals surface area contributed by atoms with E-state index in [1.165, 1.54) is 0 Å². The van der Waals surface area contributed by atoms with Crippen molar-refractivity contribution in [1.29, 1.82) is 0 Å². The fourth-order valence-corrected chi connectivity index (χ4v) is 1.46. The van der Waals surface area contributed by atoms with Crippen LogP contribution in [0.25, 0.3) is 0 Å². The molecule has 0 saturated carbocycles. The molecule has 0 fully saturated rings. The third-order valence-corrected chi connectivity index (χ3v) is 2.38. The molecule has 1 unspecified atom stereocenters. The van der Waals surface area contributed by atoms with Crippen LogP contribution >= 0.6 is 0 Å². The van der Waals surface area contributed by atoms with Gasteiger partial charge in [-0.2, -0.15) is 0 Å². The molecule has 1 aromatic carbocycles. The summed E-state index contributed by atoms with van der Waals surface area (Å²) >= 11 is 0. The summed E-state index contributed by atoms with van der Waals surface area (Å²) in [5.41, 5.74) is 0.668. The summed E-state index contributed by atoms with van der Waals surface area (Å²) in [6, 6.07) is 7.35. The summed E-state index contributed by atoms with van der Waals surface area (Å²) in [6.45, 7) is 2.82. The molecule has 0 aliphatic heterocycles. The van der Waals surface area contributed by atoms with Gasteiger partial charge in [-0.1, -0.05) is 43.9 Å². The second kappa shape index (κ2) is 6.92. The van der Waals surface area contributed by atoms with E-state index < -0.39 is 6.10 Å². The highest BCUT2D eigenvalue weighted by Crippen LogP contribution is 2.24. The van der Waals surface area contributed by atoms with Gasteiger partial charge >= 0.3 is 0 Å². The molecule has 2 heteroatoms. The first-order valence-corrected chi connectivity index (χ1v) is 5.65. The van der Waals surface area contributed by atoms with Crippen LogP contribution in [0.5, 0.6) is 5.75 Å². The van der Waals surface area contributed by atoms with Gasteiger partial charge in [-0.15, -0.1) is 6.42 Å². The molecular formula is C14H18O2. The molecule has 1 rings (SSSR count). The number of aliphatic hydroxyl groups is 1. The van der Waals surface area contributed by atoms with E-state index in [4.69, 9.17) is 11.2 Å². The van der Waals surface area contributed by atoms with Crippen molar-refractivity contribution in [2.75, 3.05) is 6.61 Å². The van der Waals surface area contributed by atoms with Gasteiger partial charge in [0, 0.05) is 5.56 Å². The van der Waals surface area contributed by atoms with Crippen LogP contribution in [0.3, 0.4) is 0 Å². The molecular weight excluding hydrogens is 200 g/mol. The molecule has 0 aliphatic carbocycles. The zero-order chi connectivity index (χ0) is 11.8. The Kier molecular flexibility index (Phi) is 5.45. The normalized spacial score (nSPS) is 11.8. The maximum Gasteiger partial charge on any atom is 0.143 e. The number of unbranched alkanes of at least 4 members (excludes halogenated alkanes) is 2. The molecule has 1 atom stereocenters. The summed E-state index contributed by atoms with van der Waals surface area (Å²) in [5, 5.41) is 9.60. The first-order valence-electron chi connectivity index (χ1n) is 5.65. The lowest BCUT2D eigenvalue weighted by Crippen LogP contribution is -2.02.